The average molecular weight is 509 g/mol. The van der Waals surface area contributed by atoms with E-state index < -0.39 is 9.84 Å². The van der Waals surface area contributed by atoms with Crippen LogP contribution in [0.1, 0.15) is 43.2 Å². The molecular formula is C19H29FIN3O2S. The molecule has 0 bridgehead atoms. The minimum absolute atomic E-state index is 0. The van der Waals surface area contributed by atoms with Crippen molar-refractivity contribution in [2.75, 3.05) is 19.8 Å². The van der Waals surface area contributed by atoms with Crippen LogP contribution in [0.5, 0.6) is 0 Å². The van der Waals surface area contributed by atoms with Gasteiger partial charge in [-0.2, -0.15) is 0 Å². The van der Waals surface area contributed by atoms with Crippen LogP contribution in [0.15, 0.2) is 34.8 Å². The molecule has 0 atom stereocenters. The quantitative estimate of drug-likeness (QED) is 0.255. The van der Waals surface area contributed by atoms with E-state index in [9.17, 15) is 12.8 Å². The van der Waals surface area contributed by atoms with Crippen molar-refractivity contribution in [1.82, 2.24) is 10.6 Å². The van der Waals surface area contributed by atoms with Crippen LogP contribution in [-0.2, 0) is 22.1 Å². The molecule has 0 saturated carbocycles. The fraction of sp³-hybridized carbons (Fsp3) is 0.526. The SMILES string of the molecule is CN=C(NCCC1=CCCCC1)NCc1cc(F)ccc1CS(C)(=O)=O.I. The average Bonchev–Trinajstić information content (AvgIpc) is 2.60. The molecule has 8 heteroatoms. The van der Waals surface area contributed by atoms with E-state index in [0.717, 1.165) is 13.0 Å². The topological polar surface area (TPSA) is 70.6 Å². The molecule has 152 valence electrons. The second-order valence-electron chi connectivity index (χ2n) is 6.69. The zero-order valence-corrected chi connectivity index (χ0v) is 19.1. The highest BCUT2D eigenvalue weighted by atomic mass is 127. The zero-order valence-electron chi connectivity index (χ0n) is 15.9. The molecule has 0 amide bonds. The normalized spacial score (nSPS) is 14.9. The fourth-order valence-electron chi connectivity index (χ4n) is 3.06. The van der Waals surface area contributed by atoms with Crippen LogP contribution in [0.4, 0.5) is 4.39 Å². The van der Waals surface area contributed by atoms with Gasteiger partial charge in [0.05, 0.1) is 5.75 Å². The first kappa shape index (κ1) is 23.9. The number of sulfone groups is 1. The molecule has 0 aromatic heterocycles. The molecule has 1 aliphatic rings. The number of nitrogens with zero attached hydrogens (tertiary/aromatic N) is 1. The van der Waals surface area contributed by atoms with E-state index in [1.165, 1.54) is 55.7 Å². The van der Waals surface area contributed by atoms with Crippen LogP contribution in [0.3, 0.4) is 0 Å². The van der Waals surface area contributed by atoms with Gasteiger partial charge in [0.25, 0.3) is 0 Å². The van der Waals surface area contributed by atoms with Crippen LogP contribution in [0.2, 0.25) is 0 Å². The third-order valence-electron chi connectivity index (χ3n) is 4.38. The number of benzene rings is 1. The lowest BCUT2D eigenvalue weighted by Crippen LogP contribution is -2.37. The first-order chi connectivity index (χ1) is 12.4. The third kappa shape index (κ3) is 9.05. The van der Waals surface area contributed by atoms with Gasteiger partial charge in [-0.15, -0.1) is 24.0 Å². The van der Waals surface area contributed by atoms with Crippen LogP contribution in [0, 0.1) is 5.82 Å². The van der Waals surface area contributed by atoms with E-state index in [-0.39, 0.29) is 35.5 Å². The predicted molar refractivity (Wildman–Crippen MR) is 120 cm³/mol. The molecule has 27 heavy (non-hydrogen) atoms. The summed E-state index contributed by atoms with van der Waals surface area (Å²) in [6, 6.07) is 4.18. The first-order valence-electron chi connectivity index (χ1n) is 8.95. The molecule has 0 heterocycles. The maximum atomic E-state index is 13.6. The van der Waals surface area contributed by atoms with Crippen molar-refractivity contribution in [2.24, 2.45) is 4.99 Å². The highest BCUT2D eigenvalue weighted by Crippen LogP contribution is 2.19. The lowest BCUT2D eigenvalue weighted by atomic mass is 9.97. The number of hydrogen-bond donors (Lipinski definition) is 2. The second-order valence-corrected chi connectivity index (χ2v) is 8.83. The van der Waals surface area contributed by atoms with Gasteiger partial charge in [-0.1, -0.05) is 17.7 Å². The van der Waals surface area contributed by atoms with Crippen LogP contribution in [-0.4, -0.2) is 34.2 Å². The monoisotopic (exact) mass is 509 g/mol. The standard InChI is InChI=1S/C19H28FN3O2S.HI/c1-21-19(22-11-10-15-6-4-3-5-7-15)23-13-17-12-18(20)9-8-16(17)14-26(2,24)25;/h6,8-9,12H,3-5,7,10-11,13-14H2,1-2H3,(H2,21,22,23);1H. The number of halogens is 2. The molecule has 2 N–H and O–H groups in total. The van der Waals surface area contributed by atoms with Gasteiger partial charge in [-0.25, -0.2) is 12.8 Å². The Morgan fingerprint density at radius 1 is 1.22 bits per heavy atom. The maximum absolute atomic E-state index is 13.6. The number of nitrogens with one attached hydrogen (secondary N) is 2. The van der Waals surface area contributed by atoms with E-state index in [0.29, 0.717) is 23.6 Å². The van der Waals surface area contributed by atoms with Crippen LogP contribution >= 0.6 is 24.0 Å². The van der Waals surface area contributed by atoms with Crippen LogP contribution < -0.4 is 10.6 Å². The number of rotatable bonds is 7. The summed E-state index contributed by atoms with van der Waals surface area (Å²) >= 11 is 0. The van der Waals surface area contributed by atoms with Gasteiger partial charge in [0, 0.05) is 26.4 Å². The molecule has 0 unspecified atom stereocenters. The van der Waals surface area contributed by atoms with Crippen molar-refractivity contribution < 1.29 is 12.8 Å². The number of hydrogen-bond acceptors (Lipinski definition) is 3. The molecule has 1 aliphatic carbocycles. The van der Waals surface area contributed by atoms with E-state index >= 15 is 0 Å². The van der Waals surface area contributed by atoms with Gasteiger partial charge in [-0.05, 0) is 55.4 Å². The molecular weight excluding hydrogens is 480 g/mol. The molecule has 0 aliphatic heterocycles. The summed E-state index contributed by atoms with van der Waals surface area (Å²) < 4.78 is 36.7. The van der Waals surface area contributed by atoms with Gasteiger partial charge in [-0.3, -0.25) is 4.99 Å². The smallest absolute Gasteiger partial charge is 0.191 e. The molecule has 0 spiro atoms. The third-order valence-corrected chi connectivity index (χ3v) is 5.21. The Hall–Kier alpha value is -1.16. The van der Waals surface area contributed by atoms with Crippen molar-refractivity contribution in [3.63, 3.8) is 0 Å². The van der Waals surface area contributed by atoms with Gasteiger partial charge in [0.15, 0.2) is 15.8 Å². The van der Waals surface area contributed by atoms with Gasteiger partial charge >= 0.3 is 0 Å². The Morgan fingerprint density at radius 3 is 2.63 bits per heavy atom. The van der Waals surface area contributed by atoms with E-state index in [1.54, 1.807) is 7.05 Å². The number of guanidine groups is 1. The van der Waals surface area contributed by atoms with Crippen molar-refractivity contribution in [3.05, 3.63) is 46.8 Å². The van der Waals surface area contributed by atoms with Crippen molar-refractivity contribution in [2.45, 2.75) is 44.4 Å². The fourth-order valence-corrected chi connectivity index (χ4v) is 3.90. The Labute approximate surface area is 178 Å². The maximum Gasteiger partial charge on any atom is 0.191 e. The summed E-state index contributed by atoms with van der Waals surface area (Å²) in [5.41, 5.74) is 2.71. The molecule has 0 radical (unpaired) electrons. The minimum Gasteiger partial charge on any atom is -0.356 e. The first-order valence-corrected chi connectivity index (χ1v) is 11.0. The highest BCUT2D eigenvalue weighted by molar-refractivity contribution is 14.0. The predicted octanol–water partition coefficient (Wildman–Crippen LogP) is 3.54. The Kier molecular flexibility index (Phi) is 10.3. The number of allylic oxidation sites excluding steroid dienone is 1. The molecule has 1 aromatic rings. The molecule has 5 nitrogen and oxygen atoms in total. The van der Waals surface area contributed by atoms with Crippen molar-refractivity contribution >= 4 is 39.8 Å². The van der Waals surface area contributed by atoms with Crippen LogP contribution in [0.25, 0.3) is 0 Å². The Bertz CT molecular complexity index is 779. The van der Waals surface area contributed by atoms with Gasteiger partial charge in [0.2, 0.25) is 0 Å². The summed E-state index contributed by atoms with van der Waals surface area (Å²) in [5.74, 6) is 0.131. The lowest BCUT2D eigenvalue weighted by molar-refractivity contribution is 0.599. The molecule has 1 aromatic carbocycles. The van der Waals surface area contributed by atoms with E-state index in [4.69, 9.17) is 0 Å². The molecule has 0 fully saturated rings. The molecule has 2 rings (SSSR count). The molecule has 0 saturated heterocycles. The summed E-state index contributed by atoms with van der Waals surface area (Å²) in [6.07, 6.45) is 9.38. The lowest BCUT2D eigenvalue weighted by Gasteiger charge is -2.16. The summed E-state index contributed by atoms with van der Waals surface area (Å²) in [7, 11) is -1.51. The van der Waals surface area contributed by atoms with E-state index in [1.807, 2.05) is 0 Å². The summed E-state index contributed by atoms with van der Waals surface area (Å²) in [6.45, 7) is 1.09. The zero-order chi connectivity index (χ0) is 19.0. The van der Waals surface area contributed by atoms with Gasteiger partial charge in [0.1, 0.15) is 5.82 Å². The van der Waals surface area contributed by atoms with Crippen molar-refractivity contribution in [3.8, 4) is 0 Å². The largest absolute Gasteiger partial charge is 0.356 e. The van der Waals surface area contributed by atoms with E-state index in [2.05, 4.69) is 21.7 Å². The minimum atomic E-state index is -3.19. The highest BCUT2D eigenvalue weighted by Gasteiger charge is 2.11. The van der Waals surface area contributed by atoms with Gasteiger partial charge < -0.3 is 10.6 Å². The van der Waals surface area contributed by atoms with Crippen molar-refractivity contribution in [1.29, 1.82) is 0 Å². The number of aliphatic imine (C=N–C) groups is 1. The summed E-state index contributed by atoms with van der Waals surface area (Å²) in [5, 5.41) is 6.39. The summed E-state index contributed by atoms with van der Waals surface area (Å²) in [4.78, 5) is 4.18. The Balaban J connectivity index is 0.00000364. The Morgan fingerprint density at radius 2 is 2.00 bits per heavy atom. The second kappa shape index (κ2) is 11.6.